The molecule has 0 radical (unpaired) electrons. The first kappa shape index (κ1) is 19.4. The fourth-order valence-electron chi connectivity index (χ4n) is 3.58. The molecule has 3 rings (SSSR count). The maximum atomic E-state index is 13.4. The summed E-state index contributed by atoms with van der Waals surface area (Å²) in [5.74, 6) is 0.589. The van der Waals surface area contributed by atoms with Crippen molar-refractivity contribution in [2.75, 3.05) is 33.4 Å². The minimum atomic E-state index is -0.202. The molecule has 0 bridgehead atoms. The van der Waals surface area contributed by atoms with Gasteiger partial charge in [-0.1, -0.05) is 42.5 Å². The molecule has 2 aromatic carbocycles. The summed E-state index contributed by atoms with van der Waals surface area (Å²) >= 11 is 0. The standard InChI is InChI=1S/C22H28FN3O/c1-24-21(25-14-11-18-5-3-2-4-6-18)26-17-22(12-15-27-16-13-22)19-7-9-20(23)10-8-19/h2-10H,11-17H2,1H3,(H2,24,25,26). The first-order chi connectivity index (χ1) is 13.2. The largest absolute Gasteiger partial charge is 0.381 e. The molecule has 0 aliphatic carbocycles. The molecule has 0 amide bonds. The molecule has 1 aliphatic heterocycles. The number of benzene rings is 2. The smallest absolute Gasteiger partial charge is 0.191 e. The number of aliphatic imine (C=N–C) groups is 1. The summed E-state index contributed by atoms with van der Waals surface area (Å²) in [5.41, 5.74) is 2.38. The van der Waals surface area contributed by atoms with E-state index in [0.717, 1.165) is 57.1 Å². The lowest BCUT2D eigenvalue weighted by molar-refractivity contribution is 0.0513. The maximum absolute atomic E-state index is 13.4. The van der Waals surface area contributed by atoms with E-state index in [1.54, 1.807) is 19.2 Å². The molecule has 1 heterocycles. The highest BCUT2D eigenvalue weighted by Crippen LogP contribution is 2.34. The predicted molar refractivity (Wildman–Crippen MR) is 108 cm³/mol. The Bertz CT molecular complexity index is 725. The van der Waals surface area contributed by atoms with E-state index in [1.165, 1.54) is 5.56 Å². The van der Waals surface area contributed by atoms with Gasteiger partial charge in [-0.05, 0) is 42.5 Å². The van der Waals surface area contributed by atoms with Gasteiger partial charge < -0.3 is 15.4 Å². The van der Waals surface area contributed by atoms with Gasteiger partial charge >= 0.3 is 0 Å². The molecule has 144 valence electrons. The fourth-order valence-corrected chi connectivity index (χ4v) is 3.58. The van der Waals surface area contributed by atoms with Crippen LogP contribution >= 0.6 is 0 Å². The number of halogens is 1. The van der Waals surface area contributed by atoms with Crippen LogP contribution in [0.15, 0.2) is 59.6 Å². The Morgan fingerprint density at radius 3 is 2.41 bits per heavy atom. The number of nitrogens with one attached hydrogen (secondary N) is 2. The maximum Gasteiger partial charge on any atom is 0.191 e. The van der Waals surface area contributed by atoms with Gasteiger partial charge in [-0.25, -0.2) is 4.39 Å². The lowest BCUT2D eigenvalue weighted by atomic mass is 9.74. The number of ether oxygens (including phenoxy) is 1. The van der Waals surface area contributed by atoms with E-state index in [2.05, 4.69) is 39.9 Å². The molecule has 0 unspecified atom stereocenters. The minimum absolute atomic E-state index is 0.0665. The predicted octanol–water partition coefficient (Wildman–Crippen LogP) is 3.28. The van der Waals surface area contributed by atoms with Crippen molar-refractivity contribution < 1.29 is 9.13 Å². The molecule has 1 aliphatic rings. The monoisotopic (exact) mass is 369 g/mol. The number of hydrogen-bond acceptors (Lipinski definition) is 2. The second-order valence-corrected chi connectivity index (χ2v) is 6.99. The van der Waals surface area contributed by atoms with Crippen molar-refractivity contribution in [1.82, 2.24) is 10.6 Å². The highest BCUT2D eigenvalue weighted by molar-refractivity contribution is 5.79. The molecule has 2 N–H and O–H groups in total. The van der Waals surface area contributed by atoms with Crippen molar-refractivity contribution in [3.05, 3.63) is 71.5 Å². The van der Waals surface area contributed by atoms with E-state index in [-0.39, 0.29) is 11.2 Å². The average Bonchev–Trinajstić information content (AvgIpc) is 2.72. The van der Waals surface area contributed by atoms with Crippen LogP contribution in [0.4, 0.5) is 4.39 Å². The van der Waals surface area contributed by atoms with E-state index in [9.17, 15) is 4.39 Å². The molecule has 27 heavy (non-hydrogen) atoms. The summed E-state index contributed by atoms with van der Waals surface area (Å²) in [5, 5.41) is 6.85. The van der Waals surface area contributed by atoms with Crippen LogP contribution < -0.4 is 10.6 Å². The Morgan fingerprint density at radius 2 is 1.74 bits per heavy atom. The van der Waals surface area contributed by atoms with Gasteiger partial charge in [0.05, 0.1) is 0 Å². The molecular formula is C22H28FN3O. The van der Waals surface area contributed by atoms with E-state index in [4.69, 9.17) is 4.74 Å². The second kappa shape index (κ2) is 9.51. The van der Waals surface area contributed by atoms with Crippen LogP contribution in [-0.4, -0.2) is 39.3 Å². The Balaban J connectivity index is 1.59. The van der Waals surface area contributed by atoms with Gasteiger partial charge in [-0.2, -0.15) is 0 Å². The van der Waals surface area contributed by atoms with E-state index in [1.807, 2.05) is 18.2 Å². The summed E-state index contributed by atoms with van der Waals surface area (Å²) in [7, 11) is 1.78. The molecule has 1 fully saturated rings. The van der Waals surface area contributed by atoms with Crippen LogP contribution in [-0.2, 0) is 16.6 Å². The van der Waals surface area contributed by atoms with Crippen molar-refractivity contribution in [1.29, 1.82) is 0 Å². The molecule has 0 saturated carbocycles. The molecular weight excluding hydrogens is 341 g/mol. The van der Waals surface area contributed by atoms with Crippen molar-refractivity contribution in [3.8, 4) is 0 Å². The molecule has 0 spiro atoms. The third kappa shape index (κ3) is 5.30. The number of hydrogen-bond donors (Lipinski definition) is 2. The first-order valence-electron chi connectivity index (χ1n) is 9.54. The zero-order valence-corrected chi connectivity index (χ0v) is 15.9. The van der Waals surface area contributed by atoms with Crippen molar-refractivity contribution in [3.63, 3.8) is 0 Å². The zero-order valence-electron chi connectivity index (χ0n) is 15.9. The third-order valence-electron chi connectivity index (χ3n) is 5.27. The summed E-state index contributed by atoms with van der Waals surface area (Å²) in [6.45, 7) is 3.00. The average molecular weight is 369 g/mol. The van der Waals surface area contributed by atoms with Gasteiger partial charge in [0.25, 0.3) is 0 Å². The van der Waals surface area contributed by atoms with Crippen LogP contribution in [0.2, 0.25) is 0 Å². The van der Waals surface area contributed by atoms with Crippen LogP contribution in [0.1, 0.15) is 24.0 Å². The zero-order chi connectivity index (χ0) is 19.0. The molecule has 4 nitrogen and oxygen atoms in total. The lowest BCUT2D eigenvalue weighted by Crippen LogP contribution is -2.48. The van der Waals surface area contributed by atoms with E-state index >= 15 is 0 Å². The summed E-state index contributed by atoms with van der Waals surface area (Å²) in [6, 6.07) is 17.3. The summed E-state index contributed by atoms with van der Waals surface area (Å²) in [6.07, 6.45) is 2.76. The van der Waals surface area contributed by atoms with Crippen LogP contribution in [0.5, 0.6) is 0 Å². The highest BCUT2D eigenvalue weighted by Gasteiger charge is 2.34. The highest BCUT2D eigenvalue weighted by atomic mass is 19.1. The molecule has 0 atom stereocenters. The normalized spacial score (nSPS) is 16.7. The minimum Gasteiger partial charge on any atom is -0.381 e. The first-order valence-corrected chi connectivity index (χ1v) is 9.54. The molecule has 5 heteroatoms. The second-order valence-electron chi connectivity index (χ2n) is 6.99. The van der Waals surface area contributed by atoms with E-state index in [0.29, 0.717) is 0 Å². The Labute approximate surface area is 160 Å². The van der Waals surface area contributed by atoms with Gasteiger partial charge in [-0.15, -0.1) is 0 Å². The Kier molecular flexibility index (Phi) is 6.82. The topological polar surface area (TPSA) is 45.7 Å². The molecule has 2 aromatic rings. The summed E-state index contributed by atoms with van der Waals surface area (Å²) in [4.78, 5) is 4.35. The number of rotatable bonds is 6. The van der Waals surface area contributed by atoms with Crippen molar-refractivity contribution in [2.24, 2.45) is 4.99 Å². The number of guanidine groups is 1. The summed E-state index contributed by atoms with van der Waals surface area (Å²) < 4.78 is 18.9. The van der Waals surface area contributed by atoms with Gasteiger partial charge in [0.15, 0.2) is 5.96 Å². The van der Waals surface area contributed by atoms with Crippen LogP contribution in [0.3, 0.4) is 0 Å². The molecule has 1 saturated heterocycles. The Morgan fingerprint density at radius 1 is 1.04 bits per heavy atom. The SMILES string of the molecule is CN=C(NCCc1ccccc1)NCC1(c2ccc(F)cc2)CCOCC1. The van der Waals surface area contributed by atoms with E-state index < -0.39 is 0 Å². The lowest BCUT2D eigenvalue weighted by Gasteiger charge is -2.38. The van der Waals surface area contributed by atoms with Gasteiger partial charge in [0, 0.05) is 38.8 Å². The third-order valence-corrected chi connectivity index (χ3v) is 5.27. The molecule has 0 aromatic heterocycles. The van der Waals surface area contributed by atoms with Crippen LogP contribution in [0, 0.1) is 5.82 Å². The van der Waals surface area contributed by atoms with Gasteiger partial charge in [-0.3, -0.25) is 4.99 Å². The fraction of sp³-hybridized carbons (Fsp3) is 0.409. The van der Waals surface area contributed by atoms with Crippen LogP contribution in [0.25, 0.3) is 0 Å². The van der Waals surface area contributed by atoms with Crippen molar-refractivity contribution in [2.45, 2.75) is 24.7 Å². The number of nitrogens with zero attached hydrogens (tertiary/aromatic N) is 1. The Hall–Kier alpha value is -2.40. The quantitative estimate of drug-likeness (QED) is 0.607. The van der Waals surface area contributed by atoms with Gasteiger partial charge in [0.1, 0.15) is 5.82 Å². The van der Waals surface area contributed by atoms with Gasteiger partial charge in [0.2, 0.25) is 0 Å². The van der Waals surface area contributed by atoms with Crippen molar-refractivity contribution >= 4 is 5.96 Å².